The monoisotopic (exact) mass is 188 g/mol. The molecule has 0 amide bonds. The molecule has 0 spiro atoms. The van der Waals surface area contributed by atoms with Crippen LogP contribution in [0.1, 0.15) is 5.56 Å². The van der Waals surface area contributed by atoms with Crippen LogP contribution in [0.25, 0.3) is 10.9 Å². The maximum absolute atomic E-state index is 5.69. The summed E-state index contributed by atoms with van der Waals surface area (Å²) in [5.74, 6) is -1.04. The molecule has 0 saturated carbocycles. The second-order valence-corrected chi connectivity index (χ2v) is 3.25. The van der Waals surface area contributed by atoms with E-state index in [0.29, 0.717) is 0 Å². The molecule has 1 aromatic heterocycles. The van der Waals surface area contributed by atoms with Crippen LogP contribution in [-0.4, -0.2) is 4.98 Å². The van der Waals surface area contributed by atoms with Crippen LogP contribution in [0.5, 0.6) is 0 Å². The van der Waals surface area contributed by atoms with Gasteiger partial charge < -0.3 is 0 Å². The third-order valence-electron chi connectivity index (χ3n) is 2.27. The van der Waals surface area contributed by atoms with Crippen molar-refractivity contribution in [3.05, 3.63) is 42.1 Å². The van der Waals surface area contributed by atoms with Gasteiger partial charge in [-0.3, -0.25) is 10.7 Å². The Balaban J connectivity index is 2.20. The van der Waals surface area contributed by atoms with Crippen molar-refractivity contribution in [2.45, 2.75) is 5.91 Å². The lowest BCUT2D eigenvalue weighted by Crippen LogP contribution is -2.19. The maximum atomic E-state index is 5.69. The Morgan fingerprint density at radius 3 is 2.86 bits per heavy atom. The molecule has 0 aliphatic carbocycles. The Morgan fingerprint density at radius 2 is 2.07 bits per heavy atom. The summed E-state index contributed by atoms with van der Waals surface area (Å²) >= 11 is 0. The van der Waals surface area contributed by atoms with E-state index in [9.17, 15) is 0 Å². The molecule has 4 nitrogen and oxygen atoms in total. The van der Waals surface area contributed by atoms with Gasteiger partial charge in [-0.1, -0.05) is 6.07 Å². The molecule has 1 aliphatic heterocycles. The van der Waals surface area contributed by atoms with E-state index >= 15 is 0 Å². The number of fused-ring (bicyclic) bond motifs is 1. The van der Waals surface area contributed by atoms with Crippen LogP contribution < -0.4 is 5.73 Å². The predicted molar refractivity (Wildman–Crippen MR) is 49.8 cm³/mol. The number of aromatic nitrogens is 1. The van der Waals surface area contributed by atoms with Gasteiger partial charge in [-0.05, 0) is 24.3 Å². The first-order valence-electron chi connectivity index (χ1n) is 4.29. The lowest BCUT2D eigenvalue weighted by Gasteiger charge is -2.02. The highest BCUT2D eigenvalue weighted by atomic mass is 17.4. The Bertz CT molecular complexity index is 494. The molecular formula is C10H8N2O2. The minimum absolute atomic E-state index is 0.804. The van der Waals surface area contributed by atoms with E-state index in [2.05, 4.69) is 14.8 Å². The molecule has 0 radical (unpaired) electrons. The summed E-state index contributed by atoms with van der Waals surface area (Å²) in [7, 11) is 0. The first-order valence-corrected chi connectivity index (χ1v) is 4.29. The van der Waals surface area contributed by atoms with E-state index in [1.165, 1.54) is 0 Å². The zero-order chi connectivity index (χ0) is 9.60. The van der Waals surface area contributed by atoms with Gasteiger partial charge in [-0.25, -0.2) is 0 Å². The van der Waals surface area contributed by atoms with Crippen LogP contribution in [0.15, 0.2) is 36.5 Å². The average molecular weight is 188 g/mol. The molecule has 4 heteroatoms. The zero-order valence-corrected chi connectivity index (χ0v) is 7.31. The number of pyridine rings is 1. The van der Waals surface area contributed by atoms with Crippen molar-refractivity contribution in [3.63, 3.8) is 0 Å². The largest absolute Gasteiger partial charge is 0.311 e. The van der Waals surface area contributed by atoms with E-state index in [1.54, 1.807) is 6.20 Å². The Morgan fingerprint density at radius 1 is 1.21 bits per heavy atom. The van der Waals surface area contributed by atoms with Crippen LogP contribution in [-0.2, 0) is 15.7 Å². The number of hydrogen-bond donors (Lipinski definition) is 1. The van der Waals surface area contributed by atoms with Crippen LogP contribution in [0.3, 0.4) is 0 Å². The lowest BCUT2D eigenvalue weighted by atomic mass is 10.1. The molecule has 70 valence electrons. The number of benzene rings is 1. The van der Waals surface area contributed by atoms with Crippen molar-refractivity contribution in [2.24, 2.45) is 5.73 Å². The van der Waals surface area contributed by atoms with Crippen LogP contribution >= 0.6 is 0 Å². The van der Waals surface area contributed by atoms with Crippen molar-refractivity contribution in [1.82, 2.24) is 4.98 Å². The van der Waals surface area contributed by atoms with Crippen LogP contribution in [0.4, 0.5) is 0 Å². The van der Waals surface area contributed by atoms with Crippen molar-refractivity contribution in [2.75, 3.05) is 0 Å². The van der Waals surface area contributed by atoms with Gasteiger partial charge in [0.2, 0.25) is 0 Å². The molecule has 0 unspecified atom stereocenters. The molecule has 2 aromatic rings. The zero-order valence-electron chi connectivity index (χ0n) is 7.31. The molecule has 2 heterocycles. The molecule has 1 aliphatic rings. The second kappa shape index (κ2) is 2.51. The minimum atomic E-state index is -1.04. The smallest absolute Gasteiger partial charge is 0.272 e. The third kappa shape index (κ3) is 1.09. The fourth-order valence-electron chi connectivity index (χ4n) is 1.43. The molecule has 3 rings (SSSR count). The van der Waals surface area contributed by atoms with E-state index in [1.807, 2.05) is 30.3 Å². The summed E-state index contributed by atoms with van der Waals surface area (Å²) in [5.41, 5.74) is 7.43. The maximum Gasteiger partial charge on any atom is 0.311 e. The molecule has 1 fully saturated rings. The van der Waals surface area contributed by atoms with Gasteiger partial charge >= 0.3 is 5.91 Å². The van der Waals surface area contributed by atoms with E-state index in [-0.39, 0.29) is 0 Å². The van der Waals surface area contributed by atoms with Gasteiger partial charge in [-0.2, -0.15) is 9.78 Å². The predicted octanol–water partition coefficient (Wildman–Crippen LogP) is 1.27. The molecule has 2 N–H and O–H groups in total. The molecule has 0 bridgehead atoms. The normalized spacial score (nSPS) is 18.4. The Labute approximate surface area is 80.2 Å². The van der Waals surface area contributed by atoms with Crippen molar-refractivity contribution in [3.8, 4) is 0 Å². The first kappa shape index (κ1) is 7.87. The van der Waals surface area contributed by atoms with Crippen LogP contribution in [0.2, 0.25) is 0 Å². The highest BCUT2D eigenvalue weighted by Crippen LogP contribution is 2.35. The summed E-state index contributed by atoms with van der Waals surface area (Å²) in [4.78, 5) is 13.6. The van der Waals surface area contributed by atoms with E-state index in [4.69, 9.17) is 5.73 Å². The Kier molecular flexibility index (Phi) is 1.41. The van der Waals surface area contributed by atoms with Gasteiger partial charge in [0.15, 0.2) is 0 Å². The molecular weight excluding hydrogens is 180 g/mol. The lowest BCUT2D eigenvalue weighted by molar-refractivity contribution is 0.0850. The van der Waals surface area contributed by atoms with Gasteiger partial charge in [0.25, 0.3) is 0 Å². The SMILES string of the molecule is NC1(c2ccc3ncccc3c2)OO1. The molecule has 1 saturated heterocycles. The standard InChI is InChI=1S/C10H8N2O2/c11-10(13-14-10)8-3-4-9-7(6-8)2-1-5-12-9/h1-6H,11H2. The summed E-state index contributed by atoms with van der Waals surface area (Å²) < 4.78 is 0. The van der Waals surface area contributed by atoms with E-state index in [0.717, 1.165) is 16.5 Å². The van der Waals surface area contributed by atoms with Gasteiger partial charge in [0, 0.05) is 17.1 Å². The summed E-state index contributed by atoms with van der Waals surface area (Å²) in [6.45, 7) is 0. The fraction of sp³-hybridized carbons (Fsp3) is 0.100. The summed E-state index contributed by atoms with van der Waals surface area (Å²) in [6, 6.07) is 9.50. The Hall–Kier alpha value is -1.49. The topological polar surface area (TPSA) is 64.0 Å². The highest BCUT2D eigenvalue weighted by molar-refractivity contribution is 5.79. The number of hydrogen-bond acceptors (Lipinski definition) is 4. The average Bonchev–Trinajstić information content (AvgIpc) is 2.97. The number of nitrogens with zero attached hydrogens (tertiary/aromatic N) is 1. The van der Waals surface area contributed by atoms with Crippen LogP contribution in [0, 0.1) is 0 Å². The van der Waals surface area contributed by atoms with Gasteiger partial charge in [0.1, 0.15) is 0 Å². The number of nitrogens with two attached hydrogens (primary N) is 1. The van der Waals surface area contributed by atoms with Gasteiger partial charge in [0.05, 0.1) is 5.52 Å². The second-order valence-electron chi connectivity index (χ2n) is 3.25. The quantitative estimate of drug-likeness (QED) is 0.540. The molecule has 0 atom stereocenters. The highest BCUT2D eigenvalue weighted by Gasteiger charge is 2.46. The van der Waals surface area contributed by atoms with Crippen molar-refractivity contribution >= 4 is 10.9 Å². The third-order valence-corrected chi connectivity index (χ3v) is 2.27. The summed E-state index contributed by atoms with van der Waals surface area (Å²) in [6.07, 6.45) is 1.75. The fourth-order valence-corrected chi connectivity index (χ4v) is 1.43. The van der Waals surface area contributed by atoms with E-state index < -0.39 is 5.91 Å². The van der Waals surface area contributed by atoms with Gasteiger partial charge in [-0.15, -0.1) is 0 Å². The molecule has 1 aromatic carbocycles. The first-order chi connectivity index (χ1) is 6.78. The minimum Gasteiger partial charge on any atom is -0.272 e. The molecule has 14 heavy (non-hydrogen) atoms. The van der Waals surface area contributed by atoms with Crippen molar-refractivity contribution in [1.29, 1.82) is 0 Å². The van der Waals surface area contributed by atoms with Crippen molar-refractivity contribution < 1.29 is 9.78 Å². The number of rotatable bonds is 1. The summed E-state index contributed by atoms with van der Waals surface area (Å²) in [5, 5.41) is 1.02.